The van der Waals surface area contributed by atoms with Gasteiger partial charge in [0, 0.05) is 42.3 Å². The molecule has 1 aromatic carbocycles. The quantitative estimate of drug-likeness (QED) is 0.838. The molecule has 1 saturated heterocycles. The minimum absolute atomic E-state index is 0.126. The zero-order valence-corrected chi connectivity index (χ0v) is 14.2. The molecule has 0 spiro atoms. The van der Waals surface area contributed by atoms with Crippen molar-refractivity contribution in [3.05, 3.63) is 33.8 Å². The van der Waals surface area contributed by atoms with Gasteiger partial charge in [0.15, 0.2) is 0 Å². The normalized spacial score (nSPS) is 20.5. The lowest BCUT2D eigenvalue weighted by atomic mass is 10.1. The first-order valence-electron chi connectivity index (χ1n) is 8.10. The Morgan fingerprint density at radius 2 is 1.64 bits per heavy atom. The molecule has 3 rings (SSSR count). The molecule has 2 fully saturated rings. The smallest absolute Gasteiger partial charge is 0.227 e. The van der Waals surface area contributed by atoms with Crippen LogP contribution in [-0.2, 0) is 11.2 Å². The van der Waals surface area contributed by atoms with Gasteiger partial charge < -0.3 is 4.90 Å². The van der Waals surface area contributed by atoms with Crippen LogP contribution in [0, 0.1) is 0 Å². The highest BCUT2D eigenvalue weighted by atomic mass is 35.5. The molecule has 2 aliphatic rings. The van der Waals surface area contributed by atoms with Crippen molar-refractivity contribution in [1.29, 1.82) is 0 Å². The molecule has 1 aliphatic carbocycles. The average molecular weight is 341 g/mol. The Bertz CT molecular complexity index is 515. The Kier molecular flexibility index (Phi) is 5.27. The number of piperazine rings is 1. The highest BCUT2D eigenvalue weighted by molar-refractivity contribution is 6.36. The van der Waals surface area contributed by atoms with E-state index >= 15 is 0 Å². The summed E-state index contributed by atoms with van der Waals surface area (Å²) in [5.41, 5.74) is 0.744. The zero-order chi connectivity index (χ0) is 15.5. The van der Waals surface area contributed by atoms with Crippen LogP contribution >= 0.6 is 23.2 Å². The van der Waals surface area contributed by atoms with Gasteiger partial charge in [-0.05, 0) is 30.5 Å². The lowest BCUT2D eigenvalue weighted by molar-refractivity contribution is -0.132. The standard InChI is InChI=1S/C17H22Cl2N2O/c18-15-6-3-7-16(19)14(15)12-17(22)21-10-8-20(9-11-21)13-4-1-2-5-13/h3,6-7,13H,1-2,4-5,8-12H2. The Labute approximate surface area is 142 Å². The van der Waals surface area contributed by atoms with Gasteiger partial charge in [-0.25, -0.2) is 0 Å². The van der Waals surface area contributed by atoms with E-state index < -0.39 is 0 Å². The molecule has 0 unspecified atom stereocenters. The van der Waals surface area contributed by atoms with E-state index in [1.165, 1.54) is 25.7 Å². The molecule has 1 aromatic rings. The topological polar surface area (TPSA) is 23.6 Å². The Morgan fingerprint density at radius 3 is 2.23 bits per heavy atom. The maximum atomic E-state index is 12.5. The summed E-state index contributed by atoms with van der Waals surface area (Å²) >= 11 is 12.3. The van der Waals surface area contributed by atoms with Gasteiger partial charge >= 0.3 is 0 Å². The molecule has 5 heteroatoms. The molecule has 120 valence electrons. The molecule has 0 bridgehead atoms. The number of halogens is 2. The number of benzene rings is 1. The van der Waals surface area contributed by atoms with Crippen molar-refractivity contribution in [1.82, 2.24) is 9.80 Å². The van der Waals surface area contributed by atoms with Gasteiger partial charge in [0.1, 0.15) is 0 Å². The van der Waals surface area contributed by atoms with Crippen LogP contribution in [0.15, 0.2) is 18.2 Å². The first-order chi connectivity index (χ1) is 10.6. The molecular weight excluding hydrogens is 319 g/mol. The van der Waals surface area contributed by atoms with Crippen LogP contribution in [0.4, 0.5) is 0 Å². The fraction of sp³-hybridized carbons (Fsp3) is 0.588. The average Bonchev–Trinajstić information content (AvgIpc) is 3.05. The van der Waals surface area contributed by atoms with Crippen molar-refractivity contribution in [2.45, 2.75) is 38.1 Å². The number of carbonyl (C=O) groups is 1. The number of nitrogens with zero attached hydrogens (tertiary/aromatic N) is 2. The van der Waals surface area contributed by atoms with E-state index in [1.54, 1.807) is 18.2 Å². The van der Waals surface area contributed by atoms with E-state index in [0.29, 0.717) is 16.5 Å². The van der Waals surface area contributed by atoms with Crippen molar-refractivity contribution in [2.75, 3.05) is 26.2 Å². The third-order valence-electron chi connectivity index (χ3n) is 4.90. The minimum Gasteiger partial charge on any atom is -0.340 e. The molecule has 0 atom stereocenters. The van der Waals surface area contributed by atoms with Gasteiger partial charge in [-0.2, -0.15) is 0 Å². The van der Waals surface area contributed by atoms with Crippen molar-refractivity contribution in [3.63, 3.8) is 0 Å². The summed E-state index contributed by atoms with van der Waals surface area (Å²) in [6.45, 7) is 3.62. The second kappa shape index (κ2) is 7.20. The Hall–Kier alpha value is -0.770. The maximum absolute atomic E-state index is 12.5. The molecule has 1 amide bonds. The summed E-state index contributed by atoms with van der Waals surface area (Å²) in [5, 5.41) is 1.15. The molecule has 1 saturated carbocycles. The molecule has 0 aromatic heterocycles. The van der Waals surface area contributed by atoms with Gasteiger partial charge in [-0.1, -0.05) is 42.1 Å². The van der Waals surface area contributed by atoms with E-state index in [9.17, 15) is 4.79 Å². The number of amides is 1. The number of carbonyl (C=O) groups excluding carboxylic acids is 1. The van der Waals surface area contributed by atoms with Gasteiger partial charge in [0.2, 0.25) is 5.91 Å². The highest BCUT2D eigenvalue weighted by Crippen LogP contribution is 2.26. The first-order valence-corrected chi connectivity index (χ1v) is 8.85. The molecule has 0 radical (unpaired) electrons. The Morgan fingerprint density at radius 1 is 1.05 bits per heavy atom. The Balaban J connectivity index is 1.55. The fourth-order valence-corrected chi connectivity index (χ4v) is 4.10. The zero-order valence-electron chi connectivity index (χ0n) is 12.7. The number of hydrogen-bond acceptors (Lipinski definition) is 2. The van der Waals surface area contributed by atoms with Crippen LogP contribution in [0.5, 0.6) is 0 Å². The van der Waals surface area contributed by atoms with Gasteiger partial charge in [-0.3, -0.25) is 9.69 Å². The van der Waals surface area contributed by atoms with Crippen molar-refractivity contribution in [2.24, 2.45) is 0 Å². The molecule has 22 heavy (non-hydrogen) atoms. The first kappa shape index (κ1) is 16.1. The van der Waals surface area contributed by atoms with Crippen molar-refractivity contribution in [3.8, 4) is 0 Å². The number of rotatable bonds is 3. The lowest BCUT2D eigenvalue weighted by Crippen LogP contribution is -2.51. The van der Waals surface area contributed by atoms with Gasteiger partial charge in [-0.15, -0.1) is 0 Å². The second-order valence-electron chi connectivity index (χ2n) is 6.23. The SMILES string of the molecule is O=C(Cc1c(Cl)cccc1Cl)N1CCN(C2CCCC2)CC1. The van der Waals surface area contributed by atoms with Crippen molar-refractivity contribution < 1.29 is 4.79 Å². The summed E-state index contributed by atoms with van der Waals surface area (Å²) in [4.78, 5) is 17.0. The predicted octanol–water partition coefficient (Wildman–Crippen LogP) is 3.62. The van der Waals surface area contributed by atoms with Crippen LogP contribution in [0.25, 0.3) is 0 Å². The van der Waals surface area contributed by atoms with E-state index in [-0.39, 0.29) is 5.91 Å². The largest absolute Gasteiger partial charge is 0.340 e. The van der Waals surface area contributed by atoms with Crippen LogP contribution in [0.3, 0.4) is 0 Å². The lowest BCUT2D eigenvalue weighted by Gasteiger charge is -2.38. The molecule has 1 heterocycles. The van der Waals surface area contributed by atoms with Crippen LogP contribution < -0.4 is 0 Å². The second-order valence-corrected chi connectivity index (χ2v) is 7.05. The van der Waals surface area contributed by atoms with E-state index in [4.69, 9.17) is 23.2 Å². The van der Waals surface area contributed by atoms with E-state index in [0.717, 1.165) is 37.8 Å². The third-order valence-corrected chi connectivity index (χ3v) is 5.61. The van der Waals surface area contributed by atoms with Crippen LogP contribution in [0.2, 0.25) is 10.0 Å². The fourth-order valence-electron chi connectivity index (χ4n) is 3.57. The monoisotopic (exact) mass is 340 g/mol. The molecular formula is C17H22Cl2N2O. The van der Waals surface area contributed by atoms with Crippen LogP contribution in [-0.4, -0.2) is 47.9 Å². The van der Waals surface area contributed by atoms with E-state index in [1.807, 2.05) is 4.90 Å². The van der Waals surface area contributed by atoms with Gasteiger partial charge in [0.25, 0.3) is 0 Å². The summed E-state index contributed by atoms with van der Waals surface area (Å²) < 4.78 is 0. The summed E-state index contributed by atoms with van der Waals surface area (Å²) in [7, 11) is 0. The molecule has 1 aliphatic heterocycles. The predicted molar refractivity (Wildman–Crippen MR) is 90.6 cm³/mol. The van der Waals surface area contributed by atoms with Gasteiger partial charge in [0.05, 0.1) is 6.42 Å². The van der Waals surface area contributed by atoms with Crippen LogP contribution in [0.1, 0.15) is 31.2 Å². The van der Waals surface area contributed by atoms with E-state index in [2.05, 4.69) is 4.90 Å². The summed E-state index contributed by atoms with van der Waals surface area (Å²) in [5.74, 6) is 0.126. The highest BCUT2D eigenvalue weighted by Gasteiger charge is 2.28. The molecule has 3 nitrogen and oxygen atoms in total. The minimum atomic E-state index is 0.126. The maximum Gasteiger partial charge on any atom is 0.227 e. The third kappa shape index (κ3) is 3.58. The number of hydrogen-bond donors (Lipinski definition) is 0. The summed E-state index contributed by atoms with van der Waals surface area (Å²) in [6.07, 6.45) is 5.65. The van der Waals surface area contributed by atoms with Crippen molar-refractivity contribution >= 4 is 29.1 Å². The summed E-state index contributed by atoms with van der Waals surface area (Å²) in [6, 6.07) is 6.12. The molecule has 0 N–H and O–H groups in total.